The van der Waals surface area contributed by atoms with E-state index in [2.05, 4.69) is 27.9 Å². The van der Waals surface area contributed by atoms with Crippen molar-refractivity contribution in [3.05, 3.63) is 0 Å². The van der Waals surface area contributed by atoms with Gasteiger partial charge in [-0.15, -0.1) is 0 Å². The van der Waals surface area contributed by atoms with Crippen molar-refractivity contribution in [2.75, 3.05) is 17.6 Å². The molecule has 5 heteroatoms. The highest BCUT2D eigenvalue weighted by Crippen LogP contribution is 1.98. The molecule has 1 N–H and O–H groups in total. The molecule has 1 amide bonds. The van der Waals surface area contributed by atoms with Gasteiger partial charge >= 0.3 is 0 Å². The number of nitrogens with one attached hydrogen (secondary N) is 1. The Labute approximate surface area is 101 Å². The summed E-state index contributed by atoms with van der Waals surface area (Å²) in [6, 6.07) is 0. The molecule has 12 heavy (non-hydrogen) atoms. The minimum atomic E-state index is 0.153. The van der Waals surface area contributed by atoms with E-state index in [0.29, 0.717) is 6.42 Å². The number of alkyl halides is 1. The molecule has 0 aromatic rings. The van der Waals surface area contributed by atoms with Crippen LogP contribution in [0.4, 0.5) is 0 Å². The predicted molar refractivity (Wildman–Crippen MR) is 65.7 cm³/mol. The van der Waals surface area contributed by atoms with Gasteiger partial charge in [0, 0.05) is 17.4 Å². The van der Waals surface area contributed by atoms with E-state index in [9.17, 15) is 4.79 Å². The molecule has 0 rings (SSSR count). The molecule has 0 spiro atoms. The van der Waals surface area contributed by atoms with Gasteiger partial charge in [-0.3, -0.25) is 4.79 Å². The summed E-state index contributed by atoms with van der Waals surface area (Å²) in [6.45, 7) is 1.52. The van der Waals surface area contributed by atoms with Crippen LogP contribution >= 0.6 is 45.6 Å². The first-order valence-electron chi connectivity index (χ1n) is 3.87. The molecule has 0 fully saturated rings. The summed E-state index contributed by atoms with van der Waals surface area (Å²) < 4.78 is 5.81. The first-order chi connectivity index (χ1) is 5.81. The Morgan fingerprint density at radius 2 is 2.17 bits per heavy atom. The highest BCUT2D eigenvalue weighted by Gasteiger charge is 1.98. The topological polar surface area (TPSA) is 38.3 Å². The monoisotopic (exact) mass is 397 g/mol. The van der Waals surface area contributed by atoms with Gasteiger partial charge < -0.3 is 8.38 Å². The van der Waals surface area contributed by atoms with Crippen molar-refractivity contribution in [2.45, 2.75) is 19.3 Å². The van der Waals surface area contributed by atoms with Crippen LogP contribution in [0.2, 0.25) is 0 Å². The molecule has 0 atom stereocenters. The van der Waals surface area contributed by atoms with Crippen LogP contribution in [0.5, 0.6) is 0 Å². The van der Waals surface area contributed by atoms with Gasteiger partial charge in [0.15, 0.2) is 0 Å². The summed E-state index contributed by atoms with van der Waals surface area (Å²) in [4.78, 5) is 11.0. The van der Waals surface area contributed by atoms with E-state index < -0.39 is 0 Å². The molecule has 0 aliphatic heterocycles. The first-order valence-corrected chi connectivity index (χ1v) is 6.28. The second-order valence-electron chi connectivity index (χ2n) is 2.31. The molecule has 0 unspecified atom stereocenters. The smallest absolute Gasteiger partial charge is 0.220 e. The van der Waals surface area contributed by atoms with Crippen LogP contribution in [0, 0.1) is 0 Å². The number of unbranched alkanes of at least 4 members (excludes halogenated alkanes) is 1. The second kappa shape index (κ2) is 9.97. The third kappa shape index (κ3) is 8.98. The molecular weight excluding hydrogens is 384 g/mol. The van der Waals surface area contributed by atoms with E-state index in [1.165, 1.54) is 0 Å². The standard InChI is InChI=1S/C7H13I2NO2/c8-4-5-10-7(11)3-1-2-6-12-9/h1-6H2,(H,10,11). The highest BCUT2D eigenvalue weighted by molar-refractivity contribution is 14.1. The molecule has 0 saturated carbocycles. The van der Waals surface area contributed by atoms with E-state index >= 15 is 0 Å². The minimum absolute atomic E-state index is 0.153. The summed E-state index contributed by atoms with van der Waals surface area (Å²) in [5.74, 6) is 0.153. The molecule has 0 bridgehead atoms. The fourth-order valence-electron chi connectivity index (χ4n) is 0.717. The molecule has 0 aromatic heterocycles. The zero-order chi connectivity index (χ0) is 9.23. The van der Waals surface area contributed by atoms with Gasteiger partial charge in [0.05, 0.1) is 6.61 Å². The lowest BCUT2D eigenvalue weighted by atomic mass is 10.2. The second-order valence-corrected chi connectivity index (χ2v) is 4.01. The van der Waals surface area contributed by atoms with Crippen molar-refractivity contribution in [2.24, 2.45) is 0 Å². The highest BCUT2D eigenvalue weighted by atomic mass is 127. The zero-order valence-electron chi connectivity index (χ0n) is 6.82. The number of hydrogen-bond acceptors (Lipinski definition) is 2. The van der Waals surface area contributed by atoms with E-state index in [1.54, 1.807) is 0 Å². The minimum Gasteiger partial charge on any atom is -0.355 e. The van der Waals surface area contributed by atoms with Gasteiger partial charge in [-0.1, -0.05) is 22.6 Å². The van der Waals surface area contributed by atoms with Crippen LogP contribution in [-0.2, 0) is 7.86 Å². The number of hydrogen-bond donors (Lipinski definition) is 1. The van der Waals surface area contributed by atoms with Crippen molar-refractivity contribution < 1.29 is 7.86 Å². The largest absolute Gasteiger partial charge is 0.355 e. The molecule has 0 aliphatic carbocycles. The lowest BCUT2D eigenvalue weighted by molar-refractivity contribution is -0.121. The number of carbonyl (C=O) groups excluding carboxylic acids is 1. The van der Waals surface area contributed by atoms with Gasteiger partial charge in [0.2, 0.25) is 5.91 Å². The zero-order valence-corrected chi connectivity index (χ0v) is 11.1. The molecular formula is C7H13I2NO2. The Balaban J connectivity index is 3.08. The summed E-state index contributed by atoms with van der Waals surface area (Å²) in [5, 5.41) is 2.82. The summed E-state index contributed by atoms with van der Waals surface area (Å²) in [7, 11) is 0. The van der Waals surface area contributed by atoms with Crippen molar-refractivity contribution in [1.29, 1.82) is 0 Å². The molecule has 0 radical (unpaired) electrons. The average Bonchev–Trinajstić information content (AvgIpc) is 2.09. The Kier molecular flexibility index (Phi) is 10.7. The van der Waals surface area contributed by atoms with E-state index in [4.69, 9.17) is 3.07 Å². The van der Waals surface area contributed by atoms with Crippen LogP contribution < -0.4 is 5.32 Å². The SMILES string of the molecule is O=C(CCCCOI)NCCI. The summed E-state index contributed by atoms with van der Waals surface area (Å²) in [6.07, 6.45) is 2.49. The fourth-order valence-corrected chi connectivity index (χ4v) is 1.30. The maximum atomic E-state index is 11.0. The molecule has 0 aromatic carbocycles. The maximum absolute atomic E-state index is 11.0. The van der Waals surface area contributed by atoms with E-state index in [0.717, 1.165) is 30.4 Å². The number of halogens is 2. The van der Waals surface area contributed by atoms with E-state index in [-0.39, 0.29) is 5.91 Å². The first kappa shape index (κ1) is 12.9. The van der Waals surface area contributed by atoms with Gasteiger partial charge in [0.1, 0.15) is 23.0 Å². The van der Waals surface area contributed by atoms with Gasteiger partial charge in [-0.25, -0.2) is 0 Å². The van der Waals surface area contributed by atoms with Crippen molar-refractivity contribution in [1.82, 2.24) is 5.32 Å². The van der Waals surface area contributed by atoms with E-state index in [1.807, 2.05) is 23.0 Å². The normalized spacial score (nSPS) is 9.83. The third-order valence-corrected chi connectivity index (χ3v) is 2.27. The van der Waals surface area contributed by atoms with Crippen LogP contribution in [0.15, 0.2) is 0 Å². The Morgan fingerprint density at radius 1 is 1.42 bits per heavy atom. The fraction of sp³-hybridized carbons (Fsp3) is 0.857. The van der Waals surface area contributed by atoms with Crippen molar-refractivity contribution >= 4 is 51.5 Å². The lowest BCUT2D eigenvalue weighted by Crippen LogP contribution is -2.24. The Hall–Kier alpha value is 0.890. The van der Waals surface area contributed by atoms with Crippen LogP contribution in [0.1, 0.15) is 19.3 Å². The molecule has 0 saturated heterocycles. The van der Waals surface area contributed by atoms with Crippen molar-refractivity contribution in [3.63, 3.8) is 0 Å². The van der Waals surface area contributed by atoms with Crippen LogP contribution in [0.25, 0.3) is 0 Å². The maximum Gasteiger partial charge on any atom is 0.220 e. The van der Waals surface area contributed by atoms with Crippen molar-refractivity contribution in [3.8, 4) is 0 Å². The Bertz CT molecular complexity index is 122. The molecule has 0 heterocycles. The molecule has 3 nitrogen and oxygen atoms in total. The molecule has 0 aliphatic rings. The summed E-state index contributed by atoms with van der Waals surface area (Å²) in [5.41, 5.74) is 0. The van der Waals surface area contributed by atoms with Gasteiger partial charge in [-0.2, -0.15) is 0 Å². The Morgan fingerprint density at radius 3 is 2.75 bits per heavy atom. The average molecular weight is 397 g/mol. The number of rotatable bonds is 7. The predicted octanol–water partition coefficient (Wildman–Crippen LogP) is 2.07. The van der Waals surface area contributed by atoms with Gasteiger partial charge in [0.25, 0.3) is 0 Å². The third-order valence-electron chi connectivity index (χ3n) is 1.29. The number of carbonyl (C=O) groups is 1. The molecule has 72 valence electrons. The number of amides is 1. The van der Waals surface area contributed by atoms with Gasteiger partial charge in [-0.05, 0) is 12.8 Å². The van der Waals surface area contributed by atoms with Crippen LogP contribution in [-0.4, -0.2) is 23.5 Å². The summed E-state index contributed by atoms with van der Waals surface area (Å²) >= 11 is 4.10. The van der Waals surface area contributed by atoms with Crippen LogP contribution in [0.3, 0.4) is 0 Å². The lowest BCUT2D eigenvalue weighted by Gasteiger charge is -2.01. The quantitative estimate of drug-likeness (QED) is 0.406.